The van der Waals surface area contributed by atoms with E-state index in [1.165, 1.54) is 0 Å². The average molecular weight is 316 g/mol. The van der Waals surface area contributed by atoms with Crippen LogP contribution in [0.5, 0.6) is 11.5 Å². The largest absolute Gasteiger partial charge is 0.493 e. The highest BCUT2D eigenvalue weighted by atomic mass is 79.9. The first kappa shape index (κ1) is 14.8. The quantitative estimate of drug-likeness (QED) is 0.757. The molecule has 0 aliphatic rings. The third-order valence-corrected chi connectivity index (χ3v) is 2.97. The van der Waals surface area contributed by atoms with E-state index in [9.17, 15) is 4.79 Å². The molecule has 0 bridgehead atoms. The van der Waals surface area contributed by atoms with E-state index in [1.807, 2.05) is 25.1 Å². The van der Waals surface area contributed by atoms with Gasteiger partial charge in [0.25, 0.3) is 0 Å². The molecule has 0 aromatic heterocycles. The van der Waals surface area contributed by atoms with Gasteiger partial charge in [0.2, 0.25) is 5.91 Å². The molecule has 0 aliphatic carbocycles. The van der Waals surface area contributed by atoms with E-state index >= 15 is 0 Å². The molecule has 0 unspecified atom stereocenters. The lowest BCUT2D eigenvalue weighted by Gasteiger charge is -2.17. The van der Waals surface area contributed by atoms with Crippen LogP contribution in [0.15, 0.2) is 18.2 Å². The van der Waals surface area contributed by atoms with Gasteiger partial charge in [-0.2, -0.15) is 0 Å². The fourth-order valence-electron chi connectivity index (χ4n) is 1.55. The topological polar surface area (TPSA) is 38.8 Å². The van der Waals surface area contributed by atoms with Crippen molar-refractivity contribution in [2.24, 2.45) is 0 Å². The second-order valence-electron chi connectivity index (χ2n) is 3.80. The molecule has 1 aromatic carbocycles. The Bertz CT molecular complexity index is 409. The highest BCUT2D eigenvalue weighted by Crippen LogP contribution is 2.28. The Morgan fingerprint density at radius 3 is 2.67 bits per heavy atom. The van der Waals surface area contributed by atoms with E-state index in [4.69, 9.17) is 9.47 Å². The van der Waals surface area contributed by atoms with Gasteiger partial charge in [-0.05, 0) is 24.6 Å². The van der Waals surface area contributed by atoms with Crippen LogP contribution in [-0.4, -0.2) is 36.9 Å². The van der Waals surface area contributed by atoms with Crippen LogP contribution >= 0.6 is 15.9 Å². The van der Waals surface area contributed by atoms with Crippen molar-refractivity contribution in [3.63, 3.8) is 0 Å². The van der Waals surface area contributed by atoms with E-state index in [0.717, 1.165) is 11.3 Å². The minimum atomic E-state index is 0.0443. The molecule has 1 amide bonds. The Labute approximate surface area is 116 Å². The number of carbonyl (C=O) groups is 1. The van der Waals surface area contributed by atoms with Crippen molar-refractivity contribution in [2.75, 3.05) is 26.1 Å². The van der Waals surface area contributed by atoms with E-state index in [2.05, 4.69) is 15.9 Å². The average Bonchev–Trinajstić information content (AvgIpc) is 2.39. The number of amides is 1. The summed E-state index contributed by atoms with van der Waals surface area (Å²) in [6.45, 7) is 3.07. The predicted octanol–water partition coefficient (Wildman–Crippen LogP) is 2.45. The molecule has 0 N–H and O–H groups in total. The highest BCUT2D eigenvalue weighted by Gasteiger charge is 2.10. The fourth-order valence-corrected chi connectivity index (χ4v) is 1.98. The summed E-state index contributed by atoms with van der Waals surface area (Å²) in [7, 11) is 3.38. The van der Waals surface area contributed by atoms with Gasteiger partial charge in [0.15, 0.2) is 11.5 Å². The second-order valence-corrected chi connectivity index (χ2v) is 4.36. The molecule has 0 fully saturated rings. The third kappa shape index (κ3) is 3.91. The molecule has 100 valence electrons. The Balaban J connectivity index is 2.82. The number of carbonyl (C=O) groups excluding carboxylic acids is 1. The van der Waals surface area contributed by atoms with Crippen LogP contribution in [0.25, 0.3) is 0 Å². The highest BCUT2D eigenvalue weighted by molar-refractivity contribution is 9.09. The minimum absolute atomic E-state index is 0.0443. The fraction of sp³-hybridized carbons (Fsp3) is 0.462. The van der Waals surface area contributed by atoms with E-state index in [0.29, 0.717) is 24.2 Å². The van der Waals surface area contributed by atoms with Gasteiger partial charge in [0.05, 0.1) is 19.0 Å². The second kappa shape index (κ2) is 7.26. The zero-order chi connectivity index (χ0) is 13.5. The molecule has 1 rings (SSSR count). The zero-order valence-corrected chi connectivity index (χ0v) is 12.5. The lowest BCUT2D eigenvalue weighted by Crippen LogP contribution is -2.26. The molecule has 0 aliphatic heterocycles. The van der Waals surface area contributed by atoms with Gasteiger partial charge in [-0.25, -0.2) is 0 Å². The maximum Gasteiger partial charge on any atom is 0.233 e. The van der Waals surface area contributed by atoms with Gasteiger partial charge in [0.1, 0.15) is 0 Å². The monoisotopic (exact) mass is 315 g/mol. The summed E-state index contributed by atoms with van der Waals surface area (Å²) in [5.74, 6) is 1.45. The normalized spacial score (nSPS) is 10.0. The number of halogens is 1. The smallest absolute Gasteiger partial charge is 0.233 e. The molecule has 18 heavy (non-hydrogen) atoms. The van der Waals surface area contributed by atoms with Crippen molar-refractivity contribution in [1.29, 1.82) is 0 Å². The molecular formula is C13H18BrNO3. The van der Waals surface area contributed by atoms with Crippen molar-refractivity contribution in [3.05, 3.63) is 23.8 Å². The summed E-state index contributed by atoms with van der Waals surface area (Å²) < 4.78 is 10.7. The van der Waals surface area contributed by atoms with E-state index in [-0.39, 0.29) is 5.91 Å². The molecule has 0 saturated heterocycles. The van der Waals surface area contributed by atoms with E-state index < -0.39 is 0 Å². The van der Waals surface area contributed by atoms with Crippen LogP contribution in [-0.2, 0) is 11.3 Å². The predicted molar refractivity (Wildman–Crippen MR) is 74.4 cm³/mol. The summed E-state index contributed by atoms with van der Waals surface area (Å²) in [4.78, 5) is 13.1. The first-order valence-electron chi connectivity index (χ1n) is 5.72. The van der Waals surface area contributed by atoms with Crippen LogP contribution in [0, 0.1) is 0 Å². The number of hydrogen-bond donors (Lipinski definition) is 0. The van der Waals surface area contributed by atoms with Gasteiger partial charge in [-0.3, -0.25) is 4.79 Å². The molecule has 5 heteroatoms. The lowest BCUT2D eigenvalue weighted by atomic mass is 10.2. The summed E-state index contributed by atoms with van der Waals surface area (Å²) >= 11 is 3.15. The van der Waals surface area contributed by atoms with Crippen molar-refractivity contribution in [3.8, 4) is 11.5 Å². The molecule has 0 heterocycles. The maximum absolute atomic E-state index is 11.5. The van der Waals surface area contributed by atoms with Gasteiger partial charge >= 0.3 is 0 Å². The minimum Gasteiger partial charge on any atom is -0.493 e. The van der Waals surface area contributed by atoms with Crippen LogP contribution in [0.4, 0.5) is 0 Å². The zero-order valence-electron chi connectivity index (χ0n) is 10.9. The van der Waals surface area contributed by atoms with Gasteiger partial charge < -0.3 is 14.4 Å². The number of alkyl halides is 1. The molecule has 0 spiro atoms. The summed E-state index contributed by atoms with van der Waals surface area (Å²) in [5, 5.41) is 0.331. The molecule has 1 aromatic rings. The number of hydrogen-bond acceptors (Lipinski definition) is 3. The molecule has 0 atom stereocenters. The first-order chi connectivity index (χ1) is 8.62. The van der Waals surface area contributed by atoms with Crippen molar-refractivity contribution >= 4 is 21.8 Å². The molecular weight excluding hydrogens is 298 g/mol. The Hall–Kier alpha value is -1.23. The Morgan fingerprint density at radius 2 is 2.11 bits per heavy atom. The van der Waals surface area contributed by atoms with Gasteiger partial charge in [0, 0.05) is 13.6 Å². The number of benzene rings is 1. The first-order valence-corrected chi connectivity index (χ1v) is 6.84. The maximum atomic E-state index is 11.5. The standard InChI is InChI=1S/C13H18BrNO3/c1-4-18-11-6-5-10(7-12(11)17-3)9-15(2)13(16)8-14/h5-7H,4,8-9H2,1-3H3. The molecule has 0 radical (unpaired) electrons. The summed E-state index contributed by atoms with van der Waals surface area (Å²) in [5.41, 5.74) is 1.01. The SMILES string of the molecule is CCOc1ccc(CN(C)C(=O)CBr)cc1OC. The van der Waals surface area contributed by atoms with Crippen LogP contribution < -0.4 is 9.47 Å². The van der Waals surface area contributed by atoms with Crippen LogP contribution in [0.1, 0.15) is 12.5 Å². The summed E-state index contributed by atoms with van der Waals surface area (Å²) in [6, 6.07) is 5.69. The number of rotatable bonds is 6. The third-order valence-electron chi connectivity index (χ3n) is 2.49. The Kier molecular flexibility index (Phi) is 5.98. The summed E-state index contributed by atoms with van der Waals surface area (Å²) in [6.07, 6.45) is 0. The van der Waals surface area contributed by atoms with Gasteiger partial charge in [-0.15, -0.1) is 0 Å². The number of ether oxygens (including phenoxy) is 2. The van der Waals surface area contributed by atoms with Crippen molar-refractivity contribution < 1.29 is 14.3 Å². The molecule has 0 saturated carbocycles. The molecule has 4 nitrogen and oxygen atoms in total. The van der Waals surface area contributed by atoms with Crippen LogP contribution in [0.3, 0.4) is 0 Å². The number of nitrogens with zero attached hydrogens (tertiary/aromatic N) is 1. The van der Waals surface area contributed by atoms with Crippen LogP contribution in [0.2, 0.25) is 0 Å². The Morgan fingerprint density at radius 1 is 1.39 bits per heavy atom. The van der Waals surface area contributed by atoms with Gasteiger partial charge in [-0.1, -0.05) is 22.0 Å². The van der Waals surface area contributed by atoms with Crippen molar-refractivity contribution in [2.45, 2.75) is 13.5 Å². The lowest BCUT2D eigenvalue weighted by molar-refractivity contribution is -0.127. The van der Waals surface area contributed by atoms with E-state index in [1.54, 1.807) is 19.1 Å². The van der Waals surface area contributed by atoms with Crippen molar-refractivity contribution in [1.82, 2.24) is 4.90 Å². The number of methoxy groups -OCH3 is 1.